The van der Waals surface area contributed by atoms with E-state index in [0.717, 1.165) is 59.2 Å². The van der Waals surface area contributed by atoms with Crippen LogP contribution in [0.3, 0.4) is 0 Å². The van der Waals surface area contributed by atoms with E-state index in [0.29, 0.717) is 24.8 Å². The van der Waals surface area contributed by atoms with Crippen molar-refractivity contribution in [2.45, 2.75) is 19.4 Å². The van der Waals surface area contributed by atoms with Gasteiger partial charge in [-0.25, -0.2) is 4.98 Å². The van der Waals surface area contributed by atoms with Gasteiger partial charge in [0.25, 0.3) is 0 Å². The van der Waals surface area contributed by atoms with Crippen LogP contribution in [0.4, 0.5) is 11.8 Å². The van der Waals surface area contributed by atoms with Gasteiger partial charge in [-0.05, 0) is 53.8 Å². The quantitative estimate of drug-likeness (QED) is 0.367. The van der Waals surface area contributed by atoms with E-state index in [9.17, 15) is 0 Å². The molecule has 1 aliphatic rings. The Labute approximate surface area is 216 Å². The lowest BCUT2D eigenvalue weighted by Crippen LogP contribution is -2.31. The summed E-state index contributed by atoms with van der Waals surface area (Å²) < 4.78 is 23.7. The first kappa shape index (κ1) is 24.5. The number of anilines is 2. The van der Waals surface area contributed by atoms with E-state index in [1.54, 1.807) is 34.8 Å². The maximum absolute atomic E-state index is 5.53. The molecule has 37 heavy (non-hydrogen) atoms. The van der Waals surface area contributed by atoms with Crippen LogP contribution in [0.1, 0.15) is 16.7 Å². The Morgan fingerprint density at radius 3 is 2.30 bits per heavy atom. The highest BCUT2D eigenvalue weighted by Gasteiger charge is 2.24. The Hall–Kier alpha value is -4.21. The van der Waals surface area contributed by atoms with Crippen molar-refractivity contribution in [2.24, 2.45) is 7.05 Å². The van der Waals surface area contributed by atoms with Crippen molar-refractivity contribution in [3.8, 4) is 23.0 Å². The molecule has 1 aliphatic heterocycles. The summed E-state index contributed by atoms with van der Waals surface area (Å²) in [6, 6.07) is 10.1. The third-order valence-electron chi connectivity index (χ3n) is 6.70. The number of ether oxygens (including phenoxy) is 4. The van der Waals surface area contributed by atoms with Crippen molar-refractivity contribution in [1.82, 2.24) is 19.5 Å². The molecule has 0 amide bonds. The van der Waals surface area contributed by atoms with Crippen LogP contribution in [0.5, 0.6) is 23.0 Å². The van der Waals surface area contributed by atoms with Gasteiger partial charge in [-0.3, -0.25) is 0 Å². The van der Waals surface area contributed by atoms with Crippen LogP contribution in [0, 0.1) is 0 Å². The van der Waals surface area contributed by atoms with Crippen molar-refractivity contribution in [1.29, 1.82) is 0 Å². The number of benzene rings is 2. The third-order valence-corrected chi connectivity index (χ3v) is 6.70. The summed E-state index contributed by atoms with van der Waals surface area (Å²) in [5.41, 5.74) is 5.15. The molecule has 5 rings (SSSR count). The van der Waals surface area contributed by atoms with Gasteiger partial charge >= 0.3 is 0 Å². The molecule has 10 nitrogen and oxygen atoms in total. The van der Waals surface area contributed by atoms with Crippen molar-refractivity contribution >= 4 is 22.9 Å². The normalized spacial score (nSPS) is 12.8. The minimum absolute atomic E-state index is 0.574. The predicted octanol–water partition coefficient (Wildman–Crippen LogP) is 3.62. The molecule has 0 spiro atoms. The molecule has 2 aromatic heterocycles. The molecule has 3 heterocycles. The molecule has 1 N–H and O–H groups in total. The fourth-order valence-electron chi connectivity index (χ4n) is 4.71. The molecule has 4 aromatic rings. The number of hydrogen-bond donors (Lipinski definition) is 1. The number of imidazole rings is 1. The topological polar surface area (TPSA) is 95.8 Å². The van der Waals surface area contributed by atoms with Gasteiger partial charge in [0.2, 0.25) is 5.95 Å². The van der Waals surface area contributed by atoms with Gasteiger partial charge in [0.15, 0.2) is 40.0 Å². The highest BCUT2D eigenvalue weighted by molar-refractivity contribution is 5.85. The average molecular weight is 505 g/mol. The SMILES string of the molecule is COc1ccc(CCNc2nc(N3CCc4cc(OC)c(OC)cc4C3)c3ncn(C)c3n2)cc1OC. The highest BCUT2D eigenvalue weighted by atomic mass is 16.5. The Kier molecular flexibility index (Phi) is 6.89. The van der Waals surface area contributed by atoms with Gasteiger partial charge in [0.1, 0.15) is 0 Å². The van der Waals surface area contributed by atoms with Crippen LogP contribution >= 0.6 is 0 Å². The molecule has 0 saturated heterocycles. The number of aromatic nitrogens is 4. The summed E-state index contributed by atoms with van der Waals surface area (Å²) in [7, 11) is 8.55. The molecular weight excluding hydrogens is 472 g/mol. The van der Waals surface area contributed by atoms with E-state index in [-0.39, 0.29) is 0 Å². The van der Waals surface area contributed by atoms with Crippen LogP contribution in [0.25, 0.3) is 11.2 Å². The average Bonchev–Trinajstić information content (AvgIpc) is 3.31. The molecule has 0 atom stereocenters. The molecule has 0 saturated carbocycles. The second kappa shape index (κ2) is 10.4. The summed E-state index contributed by atoms with van der Waals surface area (Å²) in [4.78, 5) is 16.5. The van der Waals surface area contributed by atoms with E-state index < -0.39 is 0 Å². The molecule has 194 valence electrons. The number of nitrogens with one attached hydrogen (secondary N) is 1. The van der Waals surface area contributed by atoms with Crippen molar-refractivity contribution in [3.05, 3.63) is 53.3 Å². The third kappa shape index (κ3) is 4.78. The minimum Gasteiger partial charge on any atom is -0.493 e. The lowest BCUT2D eigenvalue weighted by molar-refractivity contribution is 0.353. The van der Waals surface area contributed by atoms with Gasteiger partial charge in [0, 0.05) is 26.7 Å². The second-order valence-corrected chi connectivity index (χ2v) is 8.91. The zero-order valence-electron chi connectivity index (χ0n) is 21.9. The highest BCUT2D eigenvalue weighted by Crippen LogP contribution is 2.35. The summed E-state index contributed by atoms with van der Waals surface area (Å²) in [5.74, 6) is 4.31. The van der Waals surface area contributed by atoms with Gasteiger partial charge in [-0.2, -0.15) is 9.97 Å². The van der Waals surface area contributed by atoms with Crippen LogP contribution in [0.2, 0.25) is 0 Å². The van der Waals surface area contributed by atoms with Crippen molar-refractivity contribution in [2.75, 3.05) is 51.7 Å². The number of nitrogens with zero attached hydrogens (tertiary/aromatic N) is 5. The van der Waals surface area contributed by atoms with E-state index >= 15 is 0 Å². The number of rotatable bonds is 9. The van der Waals surface area contributed by atoms with Crippen molar-refractivity contribution < 1.29 is 18.9 Å². The smallest absolute Gasteiger partial charge is 0.226 e. The Morgan fingerprint density at radius 1 is 0.865 bits per heavy atom. The molecule has 2 aromatic carbocycles. The predicted molar refractivity (Wildman–Crippen MR) is 142 cm³/mol. The summed E-state index contributed by atoms with van der Waals surface area (Å²) in [6.07, 6.45) is 3.43. The first-order valence-corrected chi connectivity index (χ1v) is 12.2. The Morgan fingerprint density at radius 2 is 1.57 bits per heavy atom. The molecule has 0 radical (unpaired) electrons. The van der Waals surface area contributed by atoms with Gasteiger partial charge in [-0.15, -0.1) is 0 Å². The summed E-state index contributed by atoms with van der Waals surface area (Å²) in [5, 5.41) is 3.40. The van der Waals surface area contributed by atoms with Gasteiger partial charge < -0.3 is 33.7 Å². The lowest BCUT2D eigenvalue weighted by Gasteiger charge is -2.30. The maximum atomic E-state index is 5.53. The Bertz CT molecular complexity index is 1420. The number of aryl methyl sites for hydroxylation is 1. The van der Waals surface area contributed by atoms with E-state index in [1.807, 2.05) is 29.8 Å². The number of methoxy groups -OCH3 is 4. The van der Waals surface area contributed by atoms with Crippen LogP contribution in [-0.2, 0) is 26.4 Å². The first-order chi connectivity index (χ1) is 18.0. The van der Waals surface area contributed by atoms with Gasteiger partial charge in [-0.1, -0.05) is 6.07 Å². The van der Waals surface area contributed by atoms with Crippen LogP contribution < -0.4 is 29.2 Å². The first-order valence-electron chi connectivity index (χ1n) is 12.2. The monoisotopic (exact) mass is 504 g/mol. The zero-order chi connectivity index (χ0) is 25.9. The van der Waals surface area contributed by atoms with Crippen molar-refractivity contribution in [3.63, 3.8) is 0 Å². The second-order valence-electron chi connectivity index (χ2n) is 8.91. The Balaban J connectivity index is 1.38. The van der Waals surface area contributed by atoms with Crippen LogP contribution in [-0.4, -0.2) is 61.0 Å². The largest absolute Gasteiger partial charge is 0.493 e. The molecule has 0 bridgehead atoms. The number of hydrogen-bond acceptors (Lipinski definition) is 9. The fraction of sp³-hybridized carbons (Fsp3) is 0.370. The minimum atomic E-state index is 0.574. The zero-order valence-corrected chi connectivity index (χ0v) is 21.9. The van der Waals surface area contributed by atoms with Gasteiger partial charge in [0.05, 0.1) is 34.8 Å². The summed E-state index contributed by atoms with van der Waals surface area (Å²) >= 11 is 0. The molecule has 10 heteroatoms. The standard InChI is InChI=1S/C27H32N6O4/c1-32-16-29-24-25(32)30-27(28-10-8-17-6-7-20(34-2)21(12-17)35-3)31-26(24)33-11-9-18-13-22(36-4)23(37-5)14-19(18)15-33/h6-7,12-14,16H,8-11,15H2,1-5H3,(H,28,30,31). The van der Waals surface area contributed by atoms with Crippen LogP contribution in [0.15, 0.2) is 36.7 Å². The van der Waals surface area contributed by atoms with E-state index in [2.05, 4.69) is 27.3 Å². The fourth-order valence-corrected chi connectivity index (χ4v) is 4.71. The maximum Gasteiger partial charge on any atom is 0.226 e. The van der Waals surface area contributed by atoms with E-state index in [1.165, 1.54) is 11.1 Å². The molecular formula is C27H32N6O4. The molecule has 0 aliphatic carbocycles. The molecule has 0 fully saturated rings. The number of fused-ring (bicyclic) bond motifs is 2. The molecule has 0 unspecified atom stereocenters. The lowest BCUT2D eigenvalue weighted by atomic mass is 9.98. The summed E-state index contributed by atoms with van der Waals surface area (Å²) in [6.45, 7) is 2.18. The van der Waals surface area contributed by atoms with E-state index in [4.69, 9.17) is 28.9 Å².